The summed E-state index contributed by atoms with van der Waals surface area (Å²) in [6, 6.07) is 8.16. The molecule has 5 nitrogen and oxygen atoms in total. The number of H-pyrrole nitrogens is 1. The van der Waals surface area contributed by atoms with Crippen LogP contribution in [0.3, 0.4) is 0 Å². The molecule has 1 aromatic carbocycles. The van der Waals surface area contributed by atoms with Crippen molar-refractivity contribution in [3.05, 3.63) is 30.1 Å². The average Bonchev–Trinajstić information content (AvgIpc) is 2.90. The number of rotatable bonds is 6. The van der Waals surface area contributed by atoms with Crippen molar-refractivity contribution in [3.8, 4) is 0 Å². The standard InChI is InChI=1S/C15H22N4O/c1-2-4-14-13(3-1)17-15(18-14)5-6-16-7-8-19-9-11-20-12-10-19/h1-4,16H,5-12H2,(H,17,18). The molecule has 0 saturated carbocycles. The summed E-state index contributed by atoms with van der Waals surface area (Å²) in [4.78, 5) is 10.4. The molecule has 1 aromatic heterocycles. The second kappa shape index (κ2) is 6.83. The minimum Gasteiger partial charge on any atom is -0.379 e. The summed E-state index contributed by atoms with van der Waals surface area (Å²) >= 11 is 0. The number of para-hydroxylation sites is 2. The van der Waals surface area contributed by atoms with Crippen LogP contribution >= 0.6 is 0 Å². The second-order valence-corrected chi connectivity index (χ2v) is 5.15. The molecule has 0 atom stereocenters. The maximum atomic E-state index is 5.34. The molecule has 0 bridgehead atoms. The average molecular weight is 274 g/mol. The number of imidazole rings is 1. The number of nitrogens with one attached hydrogen (secondary N) is 2. The number of hydrogen-bond acceptors (Lipinski definition) is 4. The number of morpholine rings is 1. The first-order chi connectivity index (χ1) is 9.92. The van der Waals surface area contributed by atoms with E-state index in [-0.39, 0.29) is 0 Å². The lowest BCUT2D eigenvalue weighted by Gasteiger charge is -2.26. The van der Waals surface area contributed by atoms with Gasteiger partial charge in [0.15, 0.2) is 0 Å². The summed E-state index contributed by atoms with van der Waals surface area (Å²) in [5.74, 6) is 1.06. The summed E-state index contributed by atoms with van der Waals surface area (Å²) < 4.78 is 5.34. The van der Waals surface area contributed by atoms with Gasteiger partial charge in [0.05, 0.1) is 24.2 Å². The van der Waals surface area contributed by atoms with Crippen molar-refractivity contribution in [2.45, 2.75) is 6.42 Å². The molecule has 0 aliphatic carbocycles. The molecule has 20 heavy (non-hydrogen) atoms. The molecule has 2 heterocycles. The van der Waals surface area contributed by atoms with Crippen LogP contribution in [-0.2, 0) is 11.2 Å². The largest absolute Gasteiger partial charge is 0.379 e. The van der Waals surface area contributed by atoms with Gasteiger partial charge < -0.3 is 15.0 Å². The number of ether oxygens (including phenoxy) is 1. The van der Waals surface area contributed by atoms with Crippen LogP contribution in [0.15, 0.2) is 24.3 Å². The van der Waals surface area contributed by atoms with Gasteiger partial charge >= 0.3 is 0 Å². The summed E-state index contributed by atoms with van der Waals surface area (Å²) in [7, 11) is 0. The number of benzene rings is 1. The maximum Gasteiger partial charge on any atom is 0.108 e. The molecule has 1 saturated heterocycles. The Labute approximate surface area is 119 Å². The van der Waals surface area contributed by atoms with Crippen LogP contribution in [0.4, 0.5) is 0 Å². The second-order valence-electron chi connectivity index (χ2n) is 5.15. The monoisotopic (exact) mass is 274 g/mol. The zero-order valence-corrected chi connectivity index (χ0v) is 11.8. The van der Waals surface area contributed by atoms with E-state index >= 15 is 0 Å². The Bertz CT molecular complexity index is 500. The van der Waals surface area contributed by atoms with Crippen molar-refractivity contribution in [2.24, 2.45) is 0 Å². The molecule has 1 fully saturated rings. The molecular formula is C15H22N4O. The fourth-order valence-corrected chi connectivity index (χ4v) is 2.52. The Hall–Kier alpha value is -1.43. The Balaban J connectivity index is 1.37. The smallest absolute Gasteiger partial charge is 0.108 e. The van der Waals surface area contributed by atoms with Crippen LogP contribution < -0.4 is 5.32 Å². The molecule has 1 aliphatic heterocycles. The summed E-state index contributed by atoms with van der Waals surface area (Å²) in [6.07, 6.45) is 0.942. The molecule has 0 unspecified atom stereocenters. The predicted octanol–water partition coefficient (Wildman–Crippen LogP) is 1.03. The zero-order valence-electron chi connectivity index (χ0n) is 11.8. The molecule has 5 heteroatoms. The van der Waals surface area contributed by atoms with Crippen LogP contribution in [0.2, 0.25) is 0 Å². The maximum absolute atomic E-state index is 5.34. The Kier molecular flexibility index (Phi) is 4.63. The highest BCUT2D eigenvalue weighted by Crippen LogP contribution is 2.10. The van der Waals surface area contributed by atoms with Gasteiger partial charge in [-0.3, -0.25) is 4.90 Å². The van der Waals surface area contributed by atoms with Gasteiger partial charge in [-0.05, 0) is 12.1 Å². The van der Waals surface area contributed by atoms with Crippen LogP contribution in [0, 0.1) is 0 Å². The lowest BCUT2D eigenvalue weighted by atomic mass is 10.3. The summed E-state index contributed by atoms with van der Waals surface area (Å²) in [5, 5.41) is 3.48. The summed E-state index contributed by atoms with van der Waals surface area (Å²) in [6.45, 7) is 6.96. The topological polar surface area (TPSA) is 53.2 Å². The van der Waals surface area contributed by atoms with Crippen LogP contribution in [0.1, 0.15) is 5.82 Å². The van der Waals surface area contributed by atoms with Crippen molar-refractivity contribution in [3.63, 3.8) is 0 Å². The van der Waals surface area contributed by atoms with Crippen molar-refractivity contribution < 1.29 is 4.74 Å². The molecule has 1 aliphatic rings. The van der Waals surface area contributed by atoms with Crippen LogP contribution in [-0.4, -0.2) is 60.8 Å². The fourth-order valence-electron chi connectivity index (χ4n) is 2.52. The highest BCUT2D eigenvalue weighted by atomic mass is 16.5. The van der Waals surface area contributed by atoms with E-state index < -0.39 is 0 Å². The molecule has 0 radical (unpaired) electrons. The minimum absolute atomic E-state index is 0.874. The van der Waals surface area contributed by atoms with E-state index in [2.05, 4.69) is 26.3 Å². The highest BCUT2D eigenvalue weighted by molar-refractivity contribution is 5.74. The van der Waals surface area contributed by atoms with Crippen molar-refractivity contribution >= 4 is 11.0 Å². The van der Waals surface area contributed by atoms with Crippen LogP contribution in [0.5, 0.6) is 0 Å². The van der Waals surface area contributed by atoms with E-state index in [4.69, 9.17) is 4.74 Å². The van der Waals surface area contributed by atoms with Gasteiger partial charge in [0, 0.05) is 39.1 Å². The van der Waals surface area contributed by atoms with E-state index in [0.29, 0.717) is 0 Å². The van der Waals surface area contributed by atoms with Crippen molar-refractivity contribution in [1.29, 1.82) is 0 Å². The van der Waals surface area contributed by atoms with Gasteiger partial charge in [-0.2, -0.15) is 0 Å². The highest BCUT2D eigenvalue weighted by Gasteiger charge is 2.09. The third-order valence-corrected chi connectivity index (χ3v) is 3.69. The third kappa shape index (κ3) is 3.56. The lowest BCUT2D eigenvalue weighted by molar-refractivity contribution is 0.0385. The molecule has 0 amide bonds. The first-order valence-corrected chi connectivity index (χ1v) is 7.36. The van der Waals surface area contributed by atoms with Gasteiger partial charge in [-0.25, -0.2) is 4.98 Å². The van der Waals surface area contributed by atoms with Gasteiger partial charge in [-0.15, -0.1) is 0 Å². The van der Waals surface area contributed by atoms with E-state index in [9.17, 15) is 0 Å². The van der Waals surface area contributed by atoms with Crippen molar-refractivity contribution in [1.82, 2.24) is 20.2 Å². The SMILES string of the molecule is c1ccc2[nH]c(CCNCCN3CCOCC3)nc2c1. The molecule has 3 rings (SSSR count). The van der Waals surface area contributed by atoms with Crippen molar-refractivity contribution in [2.75, 3.05) is 45.9 Å². The summed E-state index contributed by atoms with van der Waals surface area (Å²) in [5.41, 5.74) is 2.17. The minimum atomic E-state index is 0.874. The van der Waals surface area contributed by atoms with Gasteiger partial charge in [0.2, 0.25) is 0 Å². The molecule has 0 spiro atoms. The van der Waals surface area contributed by atoms with E-state index in [0.717, 1.165) is 69.2 Å². The Morgan fingerprint density at radius 2 is 2.05 bits per heavy atom. The predicted molar refractivity (Wildman–Crippen MR) is 79.9 cm³/mol. The first kappa shape index (κ1) is 13.5. The Morgan fingerprint density at radius 1 is 1.20 bits per heavy atom. The molecule has 2 N–H and O–H groups in total. The zero-order chi connectivity index (χ0) is 13.6. The quantitative estimate of drug-likeness (QED) is 0.773. The molecular weight excluding hydrogens is 252 g/mol. The lowest BCUT2D eigenvalue weighted by Crippen LogP contribution is -2.40. The number of aromatic amines is 1. The number of aromatic nitrogens is 2. The van der Waals surface area contributed by atoms with Gasteiger partial charge in [0.25, 0.3) is 0 Å². The normalized spacial score (nSPS) is 16.8. The number of nitrogens with zero attached hydrogens (tertiary/aromatic N) is 2. The van der Waals surface area contributed by atoms with Gasteiger partial charge in [0.1, 0.15) is 5.82 Å². The van der Waals surface area contributed by atoms with Crippen LogP contribution in [0.25, 0.3) is 11.0 Å². The third-order valence-electron chi connectivity index (χ3n) is 3.69. The van der Waals surface area contributed by atoms with Gasteiger partial charge in [-0.1, -0.05) is 12.1 Å². The number of hydrogen-bond donors (Lipinski definition) is 2. The Morgan fingerprint density at radius 3 is 2.90 bits per heavy atom. The fraction of sp³-hybridized carbons (Fsp3) is 0.533. The molecule has 2 aromatic rings. The first-order valence-electron chi connectivity index (χ1n) is 7.36. The number of fused-ring (bicyclic) bond motifs is 1. The van der Waals surface area contributed by atoms with E-state index in [1.54, 1.807) is 0 Å². The van der Waals surface area contributed by atoms with E-state index in [1.165, 1.54) is 0 Å². The van der Waals surface area contributed by atoms with E-state index in [1.807, 2.05) is 18.2 Å². The molecule has 108 valence electrons.